The minimum absolute atomic E-state index is 0.0799. The van der Waals surface area contributed by atoms with Crippen molar-refractivity contribution in [2.24, 2.45) is 5.73 Å². The molecule has 21 heavy (non-hydrogen) atoms. The maximum atomic E-state index is 12.0. The molecule has 2 aromatic carbocycles. The molecule has 0 fully saturated rings. The van der Waals surface area contributed by atoms with Gasteiger partial charge in [-0.25, -0.2) is 0 Å². The van der Waals surface area contributed by atoms with Gasteiger partial charge in [0.25, 0.3) is 5.91 Å². The van der Waals surface area contributed by atoms with Crippen LogP contribution in [0.4, 0.5) is 5.69 Å². The fourth-order valence-corrected chi connectivity index (χ4v) is 1.72. The van der Waals surface area contributed by atoms with Crippen LogP contribution in [0.3, 0.4) is 0 Å². The molecule has 0 saturated carbocycles. The standard InChI is InChI=1S/C15H16N2O4/c16-7-8-21-12-4-1-10(2-5-12)17-15(20)13-6-3-11(18)9-14(13)19/h1-6,9,18-19H,7-8,16H2,(H,17,20). The Morgan fingerprint density at radius 3 is 2.48 bits per heavy atom. The molecule has 0 heterocycles. The van der Waals surface area contributed by atoms with Crippen molar-refractivity contribution in [2.75, 3.05) is 18.5 Å². The maximum Gasteiger partial charge on any atom is 0.259 e. The lowest BCUT2D eigenvalue weighted by atomic mass is 10.1. The fourth-order valence-electron chi connectivity index (χ4n) is 1.72. The first-order chi connectivity index (χ1) is 10.1. The number of phenols is 2. The van der Waals surface area contributed by atoms with Crippen molar-refractivity contribution in [1.29, 1.82) is 0 Å². The molecule has 5 N–H and O–H groups in total. The number of hydrogen-bond acceptors (Lipinski definition) is 5. The lowest BCUT2D eigenvalue weighted by Gasteiger charge is -2.08. The van der Waals surface area contributed by atoms with E-state index in [-0.39, 0.29) is 17.1 Å². The van der Waals surface area contributed by atoms with Crippen LogP contribution < -0.4 is 15.8 Å². The summed E-state index contributed by atoms with van der Waals surface area (Å²) in [5, 5.41) is 21.5. The van der Waals surface area contributed by atoms with E-state index in [1.807, 2.05) is 0 Å². The van der Waals surface area contributed by atoms with Gasteiger partial charge in [0, 0.05) is 18.3 Å². The van der Waals surface area contributed by atoms with Crippen molar-refractivity contribution < 1.29 is 19.7 Å². The smallest absolute Gasteiger partial charge is 0.259 e. The molecule has 6 heteroatoms. The van der Waals surface area contributed by atoms with Crippen LogP contribution in [-0.2, 0) is 0 Å². The molecule has 0 atom stereocenters. The minimum atomic E-state index is -0.469. The number of rotatable bonds is 5. The molecular weight excluding hydrogens is 272 g/mol. The number of phenolic OH excluding ortho intramolecular Hbond substituents is 2. The number of ether oxygens (including phenoxy) is 1. The topological polar surface area (TPSA) is 105 Å². The summed E-state index contributed by atoms with van der Waals surface area (Å²) in [6.07, 6.45) is 0. The van der Waals surface area contributed by atoms with E-state index in [2.05, 4.69) is 5.32 Å². The van der Waals surface area contributed by atoms with Gasteiger partial charge < -0.3 is 26.0 Å². The molecule has 110 valence electrons. The second-order valence-corrected chi connectivity index (χ2v) is 4.32. The first-order valence-electron chi connectivity index (χ1n) is 6.36. The van der Waals surface area contributed by atoms with E-state index in [4.69, 9.17) is 10.5 Å². The lowest BCUT2D eigenvalue weighted by Crippen LogP contribution is -2.12. The van der Waals surface area contributed by atoms with E-state index < -0.39 is 5.91 Å². The number of benzene rings is 2. The third-order valence-corrected chi connectivity index (χ3v) is 2.72. The highest BCUT2D eigenvalue weighted by atomic mass is 16.5. The molecule has 0 aliphatic rings. The second-order valence-electron chi connectivity index (χ2n) is 4.32. The lowest BCUT2D eigenvalue weighted by molar-refractivity contribution is 0.102. The molecule has 2 rings (SSSR count). The molecular formula is C15H16N2O4. The largest absolute Gasteiger partial charge is 0.508 e. The molecule has 2 aromatic rings. The quantitative estimate of drug-likeness (QED) is 0.670. The number of carbonyl (C=O) groups excluding carboxylic acids is 1. The molecule has 0 aromatic heterocycles. The van der Waals surface area contributed by atoms with Gasteiger partial charge in [-0.1, -0.05) is 0 Å². The fraction of sp³-hybridized carbons (Fsp3) is 0.133. The molecule has 0 spiro atoms. The molecule has 0 aliphatic carbocycles. The number of nitrogens with two attached hydrogens (primary N) is 1. The Morgan fingerprint density at radius 2 is 1.86 bits per heavy atom. The Balaban J connectivity index is 2.05. The summed E-state index contributed by atoms with van der Waals surface area (Å²) in [6, 6.07) is 10.6. The van der Waals surface area contributed by atoms with Crippen molar-refractivity contribution in [1.82, 2.24) is 0 Å². The van der Waals surface area contributed by atoms with Gasteiger partial charge >= 0.3 is 0 Å². The molecule has 0 bridgehead atoms. The van der Waals surface area contributed by atoms with E-state index in [9.17, 15) is 15.0 Å². The number of nitrogens with one attached hydrogen (secondary N) is 1. The van der Waals surface area contributed by atoms with Crippen LogP contribution in [0.1, 0.15) is 10.4 Å². The van der Waals surface area contributed by atoms with Crippen LogP contribution in [0.5, 0.6) is 17.2 Å². The van der Waals surface area contributed by atoms with E-state index in [0.717, 1.165) is 6.07 Å². The third-order valence-electron chi connectivity index (χ3n) is 2.72. The van der Waals surface area contributed by atoms with Gasteiger partial charge in [0.1, 0.15) is 23.9 Å². The summed E-state index contributed by atoms with van der Waals surface area (Å²) in [6.45, 7) is 0.853. The predicted molar refractivity (Wildman–Crippen MR) is 78.7 cm³/mol. The minimum Gasteiger partial charge on any atom is -0.508 e. The highest BCUT2D eigenvalue weighted by molar-refractivity contribution is 6.06. The van der Waals surface area contributed by atoms with Gasteiger partial charge in [-0.15, -0.1) is 0 Å². The van der Waals surface area contributed by atoms with E-state index in [1.54, 1.807) is 24.3 Å². The summed E-state index contributed by atoms with van der Waals surface area (Å²) in [4.78, 5) is 12.0. The molecule has 0 aliphatic heterocycles. The molecule has 6 nitrogen and oxygen atoms in total. The number of anilines is 1. The van der Waals surface area contributed by atoms with E-state index in [1.165, 1.54) is 12.1 Å². The van der Waals surface area contributed by atoms with Gasteiger partial charge in [-0.05, 0) is 36.4 Å². The second kappa shape index (κ2) is 6.62. The highest BCUT2D eigenvalue weighted by Crippen LogP contribution is 2.24. The van der Waals surface area contributed by atoms with Crippen LogP contribution in [-0.4, -0.2) is 29.3 Å². The first-order valence-corrected chi connectivity index (χ1v) is 6.36. The average Bonchev–Trinajstić information content (AvgIpc) is 2.46. The number of carbonyl (C=O) groups is 1. The van der Waals surface area contributed by atoms with Crippen molar-refractivity contribution in [3.63, 3.8) is 0 Å². The Kier molecular flexibility index (Phi) is 4.63. The first kappa shape index (κ1) is 14.7. The van der Waals surface area contributed by atoms with Crippen LogP contribution in [0.2, 0.25) is 0 Å². The summed E-state index contributed by atoms with van der Waals surface area (Å²) < 4.78 is 5.33. The monoisotopic (exact) mass is 288 g/mol. The maximum absolute atomic E-state index is 12.0. The Labute approximate surface area is 121 Å². The predicted octanol–water partition coefficient (Wildman–Crippen LogP) is 1.69. The molecule has 0 radical (unpaired) electrons. The van der Waals surface area contributed by atoms with Gasteiger partial charge in [-0.3, -0.25) is 4.79 Å². The number of hydrogen-bond donors (Lipinski definition) is 4. The molecule has 1 amide bonds. The zero-order chi connectivity index (χ0) is 15.2. The van der Waals surface area contributed by atoms with E-state index >= 15 is 0 Å². The van der Waals surface area contributed by atoms with Crippen molar-refractivity contribution in [3.05, 3.63) is 48.0 Å². The Morgan fingerprint density at radius 1 is 1.14 bits per heavy atom. The van der Waals surface area contributed by atoms with E-state index in [0.29, 0.717) is 24.6 Å². The molecule has 0 unspecified atom stereocenters. The van der Waals surface area contributed by atoms with Crippen molar-refractivity contribution >= 4 is 11.6 Å². The summed E-state index contributed by atoms with van der Waals surface area (Å²) in [7, 11) is 0. The summed E-state index contributed by atoms with van der Waals surface area (Å²) in [5.41, 5.74) is 5.98. The summed E-state index contributed by atoms with van der Waals surface area (Å²) in [5.74, 6) is -0.199. The number of amides is 1. The van der Waals surface area contributed by atoms with Crippen LogP contribution in [0, 0.1) is 0 Å². The van der Waals surface area contributed by atoms with Gasteiger partial charge in [0.05, 0.1) is 5.56 Å². The number of aromatic hydroxyl groups is 2. The zero-order valence-corrected chi connectivity index (χ0v) is 11.2. The van der Waals surface area contributed by atoms with Gasteiger partial charge in [0.15, 0.2) is 0 Å². The van der Waals surface area contributed by atoms with Crippen LogP contribution in [0.25, 0.3) is 0 Å². The Bertz CT molecular complexity index is 626. The van der Waals surface area contributed by atoms with Crippen molar-refractivity contribution in [2.45, 2.75) is 0 Å². The van der Waals surface area contributed by atoms with Crippen LogP contribution >= 0.6 is 0 Å². The SMILES string of the molecule is NCCOc1ccc(NC(=O)c2ccc(O)cc2O)cc1. The highest BCUT2D eigenvalue weighted by Gasteiger charge is 2.11. The summed E-state index contributed by atoms with van der Waals surface area (Å²) >= 11 is 0. The average molecular weight is 288 g/mol. The Hall–Kier alpha value is -2.73. The molecule has 0 saturated heterocycles. The van der Waals surface area contributed by atoms with Gasteiger partial charge in [0.2, 0.25) is 0 Å². The van der Waals surface area contributed by atoms with Gasteiger partial charge in [-0.2, -0.15) is 0 Å². The zero-order valence-electron chi connectivity index (χ0n) is 11.2. The van der Waals surface area contributed by atoms with Crippen LogP contribution in [0.15, 0.2) is 42.5 Å². The van der Waals surface area contributed by atoms with Crippen molar-refractivity contribution in [3.8, 4) is 17.2 Å². The third kappa shape index (κ3) is 3.87. The normalized spacial score (nSPS) is 10.1.